The Hall–Kier alpha value is -3.90. The SMILES string of the molecule is COc1ccc(C)cc1CCC(=O)Nc1sc2c(c1C#N)CCN(C(=O)NCCc1ccccn1)C2. The number of nitrogens with one attached hydrogen (secondary N) is 2. The molecule has 0 fully saturated rings. The molecule has 4 rings (SSSR count). The van der Waals surface area contributed by atoms with Crippen LogP contribution in [0.1, 0.15) is 39.2 Å². The number of rotatable bonds is 8. The maximum Gasteiger partial charge on any atom is 0.317 e. The number of pyridine rings is 1. The fourth-order valence-electron chi connectivity index (χ4n) is 4.28. The lowest BCUT2D eigenvalue weighted by Gasteiger charge is -2.27. The molecule has 0 bridgehead atoms. The Labute approximate surface area is 214 Å². The highest BCUT2D eigenvalue weighted by Crippen LogP contribution is 2.36. The highest BCUT2D eigenvalue weighted by atomic mass is 32.1. The van der Waals surface area contributed by atoms with Crippen LogP contribution in [-0.4, -0.2) is 42.0 Å². The molecule has 0 unspecified atom stereocenters. The number of urea groups is 1. The van der Waals surface area contributed by atoms with Crippen LogP contribution < -0.4 is 15.4 Å². The molecule has 0 saturated carbocycles. The van der Waals surface area contributed by atoms with E-state index in [2.05, 4.69) is 21.7 Å². The van der Waals surface area contributed by atoms with E-state index in [9.17, 15) is 14.9 Å². The molecule has 8 nitrogen and oxygen atoms in total. The van der Waals surface area contributed by atoms with Gasteiger partial charge in [0.2, 0.25) is 5.91 Å². The molecule has 36 heavy (non-hydrogen) atoms. The minimum Gasteiger partial charge on any atom is -0.496 e. The summed E-state index contributed by atoms with van der Waals surface area (Å²) in [7, 11) is 1.62. The van der Waals surface area contributed by atoms with E-state index in [1.165, 1.54) is 11.3 Å². The van der Waals surface area contributed by atoms with Gasteiger partial charge in [0.15, 0.2) is 0 Å². The lowest BCUT2D eigenvalue weighted by Crippen LogP contribution is -2.43. The predicted molar refractivity (Wildman–Crippen MR) is 139 cm³/mol. The third-order valence-corrected chi connectivity index (χ3v) is 7.28. The summed E-state index contributed by atoms with van der Waals surface area (Å²) < 4.78 is 5.41. The zero-order chi connectivity index (χ0) is 25.5. The van der Waals surface area contributed by atoms with Gasteiger partial charge in [-0.25, -0.2) is 4.79 Å². The molecule has 186 valence electrons. The van der Waals surface area contributed by atoms with E-state index in [0.29, 0.717) is 49.5 Å². The molecule has 1 aromatic carbocycles. The van der Waals surface area contributed by atoms with E-state index in [-0.39, 0.29) is 18.4 Å². The van der Waals surface area contributed by atoms with Crippen LogP contribution in [0, 0.1) is 18.3 Å². The zero-order valence-electron chi connectivity index (χ0n) is 20.5. The Bertz CT molecular complexity index is 1280. The number of anilines is 1. The number of carbonyl (C=O) groups excluding carboxylic acids is 2. The van der Waals surface area contributed by atoms with Crippen LogP contribution in [0.4, 0.5) is 9.80 Å². The number of hydrogen-bond donors (Lipinski definition) is 2. The lowest BCUT2D eigenvalue weighted by atomic mass is 10.0. The molecule has 9 heteroatoms. The molecular formula is C27H29N5O3S. The molecule has 0 atom stereocenters. The van der Waals surface area contributed by atoms with Crippen molar-refractivity contribution in [3.05, 3.63) is 75.4 Å². The number of hydrogen-bond acceptors (Lipinski definition) is 6. The number of benzene rings is 1. The number of methoxy groups -OCH3 is 1. The van der Waals surface area contributed by atoms with Gasteiger partial charge in [0, 0.05) is 42.7 Å². The van der Waals surface area contributed by atoms with Crippen LogP contribution in [0.3, 0.4) is 0 Å². The standard InChI is InChI=1S/C27H29N5O3S/c1-18-6-8-23(35-2)19(15-18)7-9-25(33)31-26-22(16-28)21-11-14-32(17-24(21)36-26)27(34)30-13-10-20-5-3-4-12-29-20/h3-6,8,12,15H,7,9-11,13-14,17H2,1-2H3,(H,30,34)(H,31,33). The van der Waals surface area contributed by atoms with Crippen LogP contribution in [-0.2, 0) is 30.6 Å². The fraction of sp³-hybridized carbons (Fsp3) is 0.333. The monoisotopic (exact) mass is 503 g/mol. The lowest BCUT2D eigenvalue weighted by molar-refractivity contribution is -0.116. The van der Waals surface area contributed by atoms with E-state index in [1.807, 2.05) is 43.3 Å². The number of fused-ring (bicyclic) bond motifs is 1. The van der Waals surface area contributed by atoms with Crippen molar-refractivity contribution < 1.29 is 14.3 Å². The number of carbonyl (C=O) groups is 2. The Balaban J connectivity index is 1.35. The number of ether oxygens (including phenoxy) is 1. The minimum absolute atomic E-state index is 0.138. The van der Waals surface area contributed by atoms with Crippen LogP contribution >= 0.6 is 11.3 Å². The topological polar surface area (TPSA) is 107 Å². The number of thiophene rings is 1. The molecule has 1 aliphatic heterocycles. The van der Waals surface area contributed by atoms with Crippen LogP contribution in [0.15, 0.2) is 42.6 Å². The van der Waals surface area contributed by atoms with Crippen molar-refractivity contribution in [3.63, 3.8) is 0 Å². The second-order valence-corrected chi connectivity index (χ2v) is 9.76. The first kappa shape index (κ1) is 25.2. The second-order valence-electron chi connectivity index (χ2n) is 8.66. The Morgan fingerprint density at radius 3 is 2.86 bits per heavy atom. The van der Waals surface area contributed by atoms with Gasteiger partial charge in [-0.05, 0) is 49.1 Å². The Kier molecular flexibility index (Phi) is 8.18. The first-order chi connectivity index (χ1) is 17.5. The summed E-state index contributed by atoms with van der Waals surface area (Å²) in [4.78, 5) is 32.4. The van der Waals surface area contributed by atoms with Gasteiger partial charge < -0.3 is 20.3 Å². The van der Waals surface area contributed by atoms with Gasteiger partial charge in [-0.1, -0.05) is 23.8 Å². The van der Waals surface area contributed by atoms with E-state index in [1.54, 1.807) is 18.2 Å². The third-order valence-electron chi connectivity index (χ3n) is 6.15. The zero-order valence-corrected chi connectivity index (χ0v) is 21.3. The molecule has 0 radical (unpaired) electrons. The number of nitrogens with zero attached hydrogens (tertiary/aromatic N) is 3. The summed E-state index contributed by atoms with van der Waals surface area (Å²) in [5.41, 5.74) is 4.44. The van der Waals surface area contributed by atoms with Crippen LogP contribution in [0.5, 0.6) is 5.75 Å². The summed E-state index contributed by atoms with van der Waals surface area (Å²) in [6.07, 6.45) is 3.80. The molecule has 2 N–H and O–H groups in total. The van der Waals surface area contributed by atoms with Gasteiger partial charge >= 0.3 is 6.03 Å². The van der Waals surface area contributed by atoms with Crippen molar-refractivity contribution in [2.24, 2.45) is 0 Å². The summed E-state index contributed by atoms with van der Waals surface area (Å²) in [5.74, 6) is 0.605. The van der Waals surface area contributed by atoms with E-state index >= 15 is 0 Å². The minimum atomic E-state index is -0.155. The van der Waals surface area contributed by atoms with E-state index in [0.717, 1.165) is 33.0 Å². The van der Waals surface area contributed by atoms with Crippen molar-refractivity contribution in [1.82, 2.24) is 15.2 Å². The maximum atomic E-state index is 12.7. The van der Waals surface area contributed by atoms with Crippen molar-refractivity contribution >= 4 is 28.3 Å². The van der Waals surface area contributed by atoms with Crippen molar-refractivity contribution in [2.75, 3.05) is 25.5 Å². The van der Waals surface area contributed by atoms with E-state index < -0.39 is 0 Å². The van der Waals surface area contributed by atoms with Gasteiger partial charge in [0.05, 0.1) is 19.2 Å². The fourth-order valence-corrected chi connectivity index (χ4v) is 5.51. The Morgan fingerprint density at radius 1 is 1.25 bits per heavy atom. The van der Waals surface area contributed by atoms with E-state index in [4.69, 9.17) is 4.74 Å². The van der Waals surface area contributed by atoms with Gasteiger partial charge in [-0.3, -0.25) is 9.78 Å². The highest BCUT2D eigenvalue weighted by molar-refractivity contribution is 7.16. The number of aryl methyl sites for hydroxylation is 2. The second kappa shape index (κ2) is 11.7. The van der Waals surface area contributed by atoms with Gasteiger partial charge in [-0.2, -0.15) is 5.26 Å². The first-order valence-corrected chi connectivity index (χ1v) is 12.7. The molecule has 2 aromatic heterocycles. The third kappa shape index (κ3) is 6.01. The van der Waals surface area contributed by atoms with Crippen LogP contribution in [0.2, 0.25) is 0 Å². The molecule has 0 saturated heterocycles. The molecule has 1 aliphatic rings. The summed E-state index contributed by atoms with van der Waals surface area (Å²) in [5, 5.41) is 16.2. The smallest absolute Gasteiger partial charge is 0.317 e. The quantitative estimate of drug-likeness (QED) is 0.479. The predicted octanol–water partition coefficient (Wildman–Crippen LogP) is 4.21. The molecule has 0 spiro atoms. The summed E-state index contributed by atoms with van der Waals surface area (Å²) in [6, 6.07) is 13.7. The number of amides is 3. The molecule has 0 aliphatic carbocycles. The summed E-state index contributed by atoms with van der Waals surface area (Å²) in [6.45, 7) is 3.44. The molecule has 3 amide bonds. The van der Waals surface area contributed by atoms with Crippen molar-refractivity contribution in [2.45, 2.75) is 39.2 Å². The average molecular weight is 504 g/mol. The maximum absolute atomic E-state index is 12.7. The Morgan fingerprint density at radius 2 is 2.11 bits per heavy atom. The number of aromatic nitrogens is 1. The number of nitriles is 1. The van der Waals surface area contributed by atoms with Crippen molar-refractivity contribution in [3.8, 4) is 11.8 Å². The molecular weight excluding hydrogens is 474 g/mol. The van der Waals surface area contributed by atoms with Gasteiger partial charge in [-0.15, -0.1) is 11.3 Å². The highest BCUT2D eigenvalue weighted by Gasteiger charge is 2.27. The van der Waals surface area contributed by atoms with Crippen molar-refractivity contribution in [1.29, 1.82) is 5.26 Å². The average Bonchev–Trinajstić information content (AvgIpc) is 3.24. The summed E-state index contributed by atoms with van der Waals surface area (Å²) >= 11 is 1.38. The van der Waals surface area contributed by atoms with Gasteiger partial charge in [0.25, 0.3) is 0 Å². The van der Waals surface area contributed by atoms with Crippen LogP contribution in [0.25, 0.3) is 0 Å². The molecule has 3 aromatic rings. The molecule has 3 heterocycles. The first-order valence-electron chi connectivity index (χ1n) is 11.9. The normalized spacial score (nSPS) is 12.4. The largest absolute Gasteiger partial charge is 0.496 e. The van der Waals surface area contributed by atoms with Gasteiger partial charge in [0.1, 0.15) is 16.8 Å².